The zero-order valence-electron chi connectivity index (χ0n) is 17.1. The summed E-state index contributed by atoms with van der Waals surface area (Å²) < 4.78 is 11.3. The molecule has 0 atom stereocenters. The molecule has 1 fully saturated rings. The minimum absolute atomic E-state index is 0.0333. The quantitative estimate of drug-likeness (QED) is 0.678. The number of rotatable bonds is 4. The maximum atomic E-state index is 12.8. The summed E-state index contributed by atoms with van der Waals surface area (Å²) in [6, 6.07) is 3.74. The Kier molecular flexibility index (Phi) is 5.19. The van der Waals surface area contributed by atoms with Gasteiger partial charge >= 0.3 is 5.63 Å². The third kappa shape index (κ3) is 3.56. The topological polar surface area (TPSA) is 87.1 Å². The van der Waals surface area contributed by atoms with Crippen LogP contribution in [0.25, 0.3) is 21.9 Å². The van der Waals surface area contributed by atoms with Gasteiger partial charge in [-0.1, -0.05) is 0 Å². The van der Waals surface area contributed by atoms with E-state index in [2.05, 4.69) is 4.90 Å². The second-order valence-corrected chi connectivity index (χ2v) is 7.74. The molecule has 1 aromatic carbocycles. The molecule has 3 aromatic rings. The van der Waals surface area contributed by atoms with Crippen molar-refractivity contribution in [3.05, 3.63) is 45.0 Å². The van der Waals surface area contributed by atoms with Gasteiger partial charge in [0, 0.05) is 49.6 Å². The van der Waals surface area contributed by atoms with Gasteiger partial charge in [-0.3, -0.25) is 9.69 Å². The van der Waals surface area contributed by atoms with E-state index in [-0.39, 0.29) is 18.9 Å². The number of amides is 1. The fourth-order valence-electron chi connectivity index (χ4n) is 4.05. The number of fused-ring (bicyclic) bond motifs is 2. The van der Waals surface area contributed by atoms with E-state index in [9.17, 15) is 9.59 Å². The summed E-state index contributed by atoms with van der Waals surface area (Å²) in [5, 5.41) is 10.9. The van der Waals surface area contributed by atoms with E-state index in [1.165, 1.54) is 0 Å². The van der Waals surface area contributed by atoms with Gasteiger partial charge in [-0.05, 0) is 38.0 Å². The first-order valence-corrected chi connectivity index (χ1v) is 9.96. The number of aliphatic hydroxyl groups is 1. The number of carbonyl (C=O) groups excluding carboxylic acids is 1. The summed E-state index contributed by atoms with van der Waals surface area (Å²) in [4.78, 5) is 29.3. The van der Waals surface area contributed by atoms with E-state index in [0.29, 0.717) is 36.4 Å². The second-order valence-electron chi connectivity index (χ2n) is 7.74. The molecular formula is C22H26N2O5. The number of aliphatic hydroxyl groups excluding tert-OH is 1. The Bertz CT molecular complexity index is 1140. The molecule has 1 aliphatic heterocycles. The van der Waals surface area contributed by atoms with Gasteiger partial charge in [-0.2, -0.15) is 0 Å². The van der Waals surface area contributed by atoms with Crippen molar-refractivity contribution in [2.24, 2.45) is 0 Å². The lowest BCUT2D eigenvalue weighted by molar-refractivity contribution is -0.132. The Labute approximate surface area is 168 Å². The fourth-order valence-corrected chi connectivity index (χ4v) is 4.05. The van der Waals surface area contributed by atoms with Crippen LogP contribution in [0.5, 0.6) is 0 Å². The molecule has 1 amide bonds. The van der Waals surface area contributed by atoms with Gasteiger partial charge in [0.25, 0.3) is 0 Å². The maximum absolute atomic E-state index is 12.8. The monoisotopic (exact) mass is 398 g/mol. The average molecular weight is 398 g/mol. The van der Waals surface area contributed by atoms with Crippen molar-refractivity contribution in [3.63, 3.8) is 0 Å². The number of hydrogen-bond acceptors (Lipinski definition) is 6. The number of furan rings is 1. The predicted octanol–water partition coefficient (Wildman–Crippen LogP) is 2.14. The third-order valence-corrected chi connectivity index (χ3v) is 6.05. The Morgan fingerprint density at radius 3 is 2.34 bits per heavy atom. The number of piperazine rings is 1. The van der Waals surface area contributed by atoms with E-state index in [4.69, 9.17) is 13.9 Å². The van der Waals surface area contributed by atoms with E-state index >= 15 is 0 Å². The molecule has 2 aromatic heterocycles. The first-order chi connectivity index (χ1) is 13.9. The molecule has 0 radical (unpaired) electrons. The summed E-state index contributed by atoms with van der Waals surface area (Å²) in [5.74, 6) is 0.769. The molecule has 3 heterocycles. The molecule has 0 saturated carbocycles. The van der Waals surface area contributed by atoms with Crippen molar-refractivity contribution in [3.8, 4) is 0 Å². The first kappa shape index (κ1) is 19.7. The summed E-state index contributed by atoms with van der Waals surface area (Å²) >= 11 is 0. The Balaban J connectivity index is 1.63. The smallest absolute Gasteiger partial charge is 0.340 e. The fraction of sp³-hybridized carbons (Fsp3) is 0.455. The summed E-state index contributed by atoms with van der Waals surface area (Å²) in [6.07, 6.45) is 0.0333. The van der Waals surface area contributed by atoms with Crippen LogP contribution in [-0.2, 0) is 11.2 Å². The highest BCUT2D eigenvalue weighted by atomic mass is 16.4. The van der Waals surface area contributed by atoms with Crippen LogP contribution in [0.4, 0.5) is 0 Å². The highest BCUT2D eigenvalue weighted by Gasteiger charge is 2.23. The zero-order chi connectivity index (χ0) is 20.7. The first-order valence-electron chi connectivity index (χ1n) is 9.96. The van der Waals surface area contributed by atoms with Crippen LogP contribution < -0.4 is 5.63 Å². The molecule has 0 bridgehead atoms. The zero-order valence-corrected chi connectivity index (χ0v) is 17.1. The van der Waals surface area contributed by atoms with Crippen LogP contribution in [0.2, 0.25) is 0 Å². The van der Waals surface area contributed by atoms with Gasteiger partial charge < -0.3 is 18.8 Å². The van der Waals surface area contributed by atoms with Crippen molar-refractivity contribution >= 4 is 27.8 Å². The van der Waals surface area contributed by atoms with Crippen LogP contribution in [0.1, 0.15) is 22.5 Å². The van der Waals surface area contributed by atoms with Crippen molar-refractivity contribution in [2.75, 3.05) is 39.3 Å². The van der Waals surface area contributed by atoms with Gasteiger partial charge in [-0.25, -0.2) is 4.79 Å². The number of benzene rings is 1. The lowest BCUT2D eigenvalue weighted by Crippen LogP contribution is -2.49. The minimum Gasteiger partial charge on any atom is -0.461 e. The average Bonchev–Trinajstić information content (AvgIpc) is 2.98. The minimum atomic E-state index is -0.471. The molecule has 7 heteroatoms. The highest BCUT2D eigenvalue weighted by molar-refractivity contribution is 5.97. The molecule has 4 rings (SSSR count). The molecule has 7 nitrogen and oxygen atoms in total. The molecule has 0 aliphatic carbocycles. The van der Waals surface area contributed by atoms with Crippen LogP contribution in [0, 0.1) is 20.8 Å². The number of aryl methyl sites for hydroxylation is 3. The summed E-state index contributed by atoms with van der Waals surface area (Å²) in [5.41, 5.74) is 2.95. The third-order valence-electron chi connectivity index (χ3n) is 6.05. The molecule has 1 N–H and O–H groups in total. The van der Waals surface area contributed by atoms with E-state index in [1.807, 2.05) is 26.8 Å². The second kappa shape index (κ2) is 7.65. The maximum Gasteiger partial charge on any atom is 0.340 e. The van der Waals surface area contributed by atoms with E-state index in [1.54, 1.807) is 11.0 Å². The van der Waals surface area contributed by atoms with Crippen LogP contribution in [0.3, 0.4) is 0 Å². The lowest BCUT2D eigenvalue weighted by atomic mass is 10.0. The van der Waals surface area contributed by atoms with Crippen LogP contribution >= 0.6 is 0 Å². The molecule has 154 valence electrons. The van der Waals surface area contributed by atoms with Crippen LogP contribution in [0.15, 0.2) is 25.8 Å². The molecular weight excluding hydrogens is 372 g/mol. The molecule has 0 unspecified atom stereocenters. The van der Waals surface area contributed by atoms with Crippen molar-refractivity contribution < 1.29 is 18.7 Å². The number of carbonyl (C=O) groups is 1. The van der Waals surface area contributed by atoms with Crippen molar-refractivity contribution in [1.82, 2.24) is 9.80 Å². The standard InChI is InChI=1S/C22H26N2O5/c1-13-15(3)28-19-12-20-17(10-16(13)19)14(2)18(22(27)29-20)11-21(26)24-6-4-23(5-7-24)8-9-25/h10,12,25H,4-9,11H2,1-3H3. The van der Waals surface area contributed by atoms with Gasteiger partial charge in [0.05, 0.1) is 18.6 Å². The molecule has 1 aliphatic rings. The van der Waals surface area contributed by atoms with Crippen LogP contribution in [-0.4, -0.2) is 60.1 Å². The number of hydrogen-bond donors (Lipinski definition) is 1. The number of β-amino-alcohol motifs (C(OH)–C–C–N with tert-alkyl or cyclic N) is 1. The highest BCUT2D eigenvalue weighted by Crippen LogP contribution is 2.31. The molecule has 1 saturated heterocycles. The Morgan fingerprint density at radius 1 is 1.00 bits per heavy atom. The van der Waals surface area contributed by atoms with Gasteiger partial charge in [-0.15, -0.1) is 0 Å². The SMILES string of the molecule is Cc1oc2cc3oc(=O)c(CC(=O)N4CCN(CCO)CC4)c(C)c3cc2c1C. The van der Waals surface area contributed by atoms with E-state index in [0.717, 1.165) is 40.7 Å². The summed E-state index contributed by atoms with van der Waals surface area (Å²) in [6.45, 7) is 9.19. The largest absolute Gasteiger partial charge is 0.461 e. The van der Waals surface area contributed by atoms with E-state index < -0.39 is 5.63 Å². The van der Waals surface area contributed by atoms with Crippen molar-refractivity contribution in [1.29, 1.82) is 0 Å². The van der Waals surface area contributed by atoms with Crippen molar-refractivity contribution in [2.45, 2.75) is 27.2 Å². The Hall–Kier alpha value is -2.64. The normalized spacial score (nSPS) is 15.5. The lowest BCUT2D eigenvalue weighted by Gasteiger charge is -2.34. The van der Waals surface area contributed by atoms with Gasteiger partial charge in [0.1, 0.15) is 16.9 Å². The summed E-state index contributed by atoms with van der Waals surface area (Å²) in [7, 11) is 0. The number of nitrogens with zero attached hydrogens (tertiary/aromatic N) is 2. The molecule has 29 heavy (non-hydrogen) atoms. The predicted molar refractivity (Wildman–Crippen MR) is 110 cm³/mol. The Morgan fingerprint density at radius 2 is 1.66 bits per heavy atom. The van der Waals surface area contributed by atoms with Gasteiger partial charge in [0.2, 0.25) is 5.91 Å². The molecule has 0 spiro atoms. The van der Waals surface area contributed by atoms with Gasteiger partial charge in [0.15, 0.2) is 0 Å².